The van der Waals surface area contributed by atoms with Crippen LogP contribution in [-0.2, 0) is 26.7 Å². The van der Waals surface area contributed by atoms with Gasteiger partial charge in [0.1, 0.15) is 11.4 Å². The highest BCUT2D eigenvalue weighted by atomic mass is 32.2. The van der Waals surface area contributed by atoms with E-state index in [4.69, 9.17) is 4.74 Å². The van der Waals surface area contributed by atoms with Gasteiger partial charge in [-0.1, -0.05) is 32.9 Å². The quantitative estimate of drug-likeness (QED) is 0.692. The van der Waals surface area contributed by atoms with Crippen LogP contribution in [-0.4, -0.2) is 26.7 Å². The first kappa shape index (κ1) is 24.0. The predicted molar refractivity (Wildman–Crippen MR) is 119 cm³/mol. The molecule has 2 aromatic carbocycles. The van der Waals surface area contributed by atoms with E-state index in [1.54, 1.807) is 6.92 Å². The van der Waals surface area contributed by atoms with Crippen molar-refractivity contribution in [2.75, 3.05) is 11.0 Å². The number of anilines is 1. The fourth-order valence-corrected chi connectivity index (χ4v) is 4.12. The maximum absolute atomic E-state index is 14.3. The minimum absolute atomic E-state index is 0.00954. The second kappa shape index (κ2) is 8.69. The van der Waals surface area contributed by atoms with Crippen molar-refractivity contribution < 1.29 is 26.7 Å². The third-order valence-electron chi connectivity index (χ3n) is 5.37. The molecule has 32 heavy (non-hydrogen) atoms. The lowest BCUT2D eigenvalue weighted by Gasteiger charge is -2.28. The molecule has 1 aliphatic heterocycles. The minimum Gasteiger partial charge on any atom is -0.480 e. The summed E-state index contributed by atoms with van der Waals surface area (Å²) in [5.74, 6) is -1.86. The molecule has 1 amide bonds. The average molecular weight is 467 g/mol. The van der Waals surface area contributed by atoms with E-state index in [9.17, 15) is 22.0 Å². The zero-order valence-electron chi connectivity index (χ0n) is 18.8. The molecule has 1 unspecified atom stereocenters. The highest BCUT2D eigenvalue weighted by molar-refractivity contribution is 7.92. The van der Waals surface area contributed by atoms with Crippen molar-refractivity contribution in [1.82, 2.24) is 5.32 Å². The fourth-order valence-electron chi connectivity index (χ4n) is 3.56. The first-order valence-corrected chi connectivity index (χ1v) is 12.2. The second-order valence-electron chi connectivity index (χ2n) is 9.18. The molecule has 0 aromatic heterocycles. The van der Waals surface area contributed by atoms with E-state index in [-0.39, 0.29) is 16.9 Å². The number of halogens is 2. The Labute approximate surface area is 187 Å². The number of benzene rings is 2. The van der Waals surface area contributed by atoms with Gasteiger partial charge in [0.15, 0.2) is 17.7 Å². The van der Waals surface area contributed by atoms with Gasteiger partial charge in [-0.2, -0.15) is 0 Å². The smallest absolute Gasteiger partial charge is 0.261 e. The van der Waals surface area contributed by atoms with Gasteiger partial charge in [0.25, 0.3) is 5.91 Å². The number of carbonyl (C=O) groups excluding carboxylic acids is 1. The molecule has 0 bridgehead atoms. The van der Waals surface area contributed by atoms with E-state index in [1.165, 1.54) is 5.56 Å². The molecule has 1 heterocycles. The largest absolute Gasteiger partial charge is 0.480 e. The van der Waals surface area contributed by atoms with Gasteiger partial charge in [-0.25, -0.2) is 17.2 Å². The summed E-state index contributed by atoms with van der Waals surface area (Å²) in [6.07, 6.45) is 1.25. The van der Waals surface area contributed by atoms with Crippen molar-refractivity contribution in [3.8, 4) is 5.75 Å². The van der Waals surface area contributed by atoms with Crippen LogP contribution in [0.2, 0.25) is 0 Å². The summed E-state index contributed by atoms with van der Waals surface area (Å²) in [4.78, 5) is 12.7. The van der Waals surface area contributed by atoms with Gasteiger partial charge < -0.3 is 10.1 Å². The van der Waals surface area contributed by atoms with Crippen LogP contribution in [0.15, 0.2) is 30.3 Å². The van der Waals surface area contributed by atoms with E-state index < -0.39 is 39.5 Å². The Kier molecular flexibility index (Phi) is 6.51. The van der Waals surface area contributed by atoms with Gasteiger partial charge in [0.05, 0.1) is 12.3 Å². The van der Waals surface area contributed by atoms with Gasteiger partial charge in [0.2, 0.25) is 10.0 Å². The van der Waals surface area contributed by atoms with Crippen LogP contribution < -0.4 is 14.8 Å². The summed E-state index contributed by atoms with van der Waals surface area (Å²) in [6, 6.07) is 7.23. The van der Waals surface area contributed by atoms with Gasteiger partial charge in [-0.05, 0) is 60.1 Å². The van der Waals surface area contributed by atoms with E-state index in [0.717, 1.165) is 24.0 Å². The average Bonchev–Trinajstić information content (AvgIpc) is 2.68. The van der Waals surface area contributed by atoms with Crippen LogP contribution >= 0.6 is 0 Å². The molecule has 1 aliphatic rings. The van der Waals surface area contributed by atoms with Crippen molar-refractivity contribution >= 4 is 21.6 Å². The molecule has 174 valence electrons. The number of ether oxygens (including phenoxy) is 1. The second-order valence-corrected chi connectivity index (χ2v) is 10.9. The molecular formula is C23H28F2N2O4S. The van der Waals surface area contributed by atoms with E-state index >= 15 is 0 Å². The van der Waals surface area contributed by atoms with Crippen molar-refractivity contribution in [3.63, 3.8) is 0 Å². The Morgan fingerprint density at radius 3 is 2.34 bits per heavy atom. The van der Waals surface area contributed by atoms with Crippen molar-refractivity contribution in [2.24, 2.45) is 0 Å². The maximum atomic E-state index is 14.3. The van der Waals surface area contributed by atoms with Crippen LogP contribution in [0.25, 0.3) is 0 Å². The summed E-state index contributed by atoms with van der Waals surface area (Å²) < 4.78 is 58.8. The number of hydrogen-bond acceptors (Lipinski definition) is 4. The van der Waals surface area contributed by atoms with Gasteiger partial charge in [-0.3, -0.25) is 9.52 Å². The third-order valence-corrected chi connectivity index (χ3v) is 5.95. The molecule has 0 saturated heterocycles. The van der Waals surface area contributed by atoms with Crippen LogP contribution in [0.3, 0.4) is 0 Å². The number of nitrogens with one attached hydrogen (secondary N) is 2. The van der Waals surface area contributed by atoms with Gasteiger partial charge in [-0.15, -0.1) is 0 Å². The number of hydrogen-bond donors (Lipinski definition) is 2. The van der Waals surface area contributed by atoms with Gasteiger partial charge >= 0.3 is 0 Å². The Bertz CT molecular complexity index is 1120. The number of carbonyl (C=O) groups is 1. The lowest BCUT2D eigenvalue weighted by Crippen LogP contribution is -2.41. The number of aryl methyl sites for hydroxylation is 1. The molecule has 9 heteroatoms. The molecule has 0 saturated carbocycles. The zero-order chi connectivity index (χ0) is 23.8. The number of sulfonamides is 1. The summed E-state index contributed by atoms with van der Waals surface area (Å²) in [6.45, 7) is 7.98. The first-order valence-electron chi connectivity index (χ1n) is 10.3. The lowest BCUT2D eigenvalue weighted by molar-refractivity contribution is -0.129. The molecule has 6 nitrogen and oxygen atoms in total. The Morgan fingerprint density at radius 1 is 1.16 bits per heavy atom. The molecule has 3 rings (SSSR count). The molecule has 0 radical (unpaired) electrons. The monoisotopic (exact) mass is 466 g/mol. The lowest BCUT2D eigenvalue weighted by atomic mass is 9.85. The highest BCUT2D eigenvalue weighted by Crippen LogP contribution is 2.33. The van der Waals surface area contributed by atoms with Crippen molar-refractivity contribution in [3.05, 3.63) is 58.7 Å². The Balaban J connectivity index is 1.70. The molecule has 0 aliphatic carbocycles. The topological polar surface area (TPSA) is 84.5 Å². The fraction of sp³-hybridized carbons (Fsp3) is 0.435. The van der Waals surface area contributed by atoms with Gasteiger partial charge in [0, 0.05) is 0 Å². The summed E-state index contributed by atoms with van der Waals surface area (Å²) in [7, 11) is -3.84. The molecular weight excluding hydrogens is 438 g/mol. The van der Waals surface area contributed by atoms with E-state index in [1.807, 2.05) is 16.9 Å². The standard InChI is InChI=1S/C23H28F2N2O4S/c1-13(15-11-17(24)21(18(25)12-15)27-32(5,29)30)26-22(28)20-8-6-14-10-16(23(2,3)4)7-9-19(14)31-20/h7,9-13,20,27H,6,8H2,1-5H3,(H,26,28)/t13-,20?/m1/s1. The third kappa shape index (κ3) is 5.56. The van der Waals surface area contributed by atoms with Crippen molar-refractivity contribution in [2.45, 2.75) is 58.1 Å². The van der Waals surface area contributed by atoms with Crippen LogP contribution in [0, 0.1) is 11.6 Å². The molecule has 2 atom stereocenters. The summed E-state index contributed by atoms with van der Waals surface area (Å²) in [5, 5.41) is 2.72. The molecule has 2 aromatic rings. The first-order chi connectivity index (χ1) is 14.7. The molecule has 0 fully saturated rings. The SMILES string of the molecule is C[C@@H](NC(=O)C1CCc2cc(C(C)(C)C)ccc2O1)c1cc(F)c(NS(C)(=O)=O)c(F)c1. The Morgan fingerprint density at radius 2 is 1.78 bits per heavy atom. The number of rotatable bonds is 5. The number of amides is 1. The zero-order valence-corrected chi connectivity index (χ0v) is 19.6. The highest BCUT2D eigenvalue weighted by Gasteiger charge is 2.28. The van der Waals surface area contributed by atoms with Crippen LogP contribution in [0.1, 0.15) is 56.8 Å². The predicted octanol–water partition coefficient (Wildman–Crippen LogP) is 4.20. The normalized spacial score (nSPS) is 17.2. The van der Waals surface area contributed by atoms with Crippen LogP contribution in [0.5, 0.6) is 5.75 Å². The maximum Gasteiger partial charge on any atom is 0.261 e. The van der Waals surface area contributed by atoms with E-state index in [2.05, 4.69) is 32.2 Å². The summed E-state index contributed by atoms with van der Waals surface area (Å²) >= 11 is 0. The number of fused-ring (bicyclic) bond motifs is 1. The molecule has 2 N–H and O–H groups in total. The minimum atomic E-state index is -3.84. The Hall–Kier alpha value is -2.68. The summed E-state index contributed by atoms with van der Waals surface area (Å²) in [5.41, 5.74) is 1.66. The van der Waals surface area contributed by atoms with E-state index in [0.29, 0.717) is 18.6 Å². The molecule has 0 spiro atoms. The van der Waals surface area contributed by atoms with Crippen LogP contribution in [0.4, 0.5) is 14.5 Å². The van der Waals surface area contributed by atoms with Crippen molar-refractivity contribution in [1.29, 1.82) is 0 Å².